The molecule has 0 amide bonds. The van der Waals surface area contributed by atoms with Crippen molar-refractivity contribution in [3.8, 4) is 0 Å². The van der Waals surface area contributed by atoms with Gasteiger partial charge >= 0.3 is 0 Å². The normalized spacial score (nSPS) is 60.2. The standard InChI is InChI=1S/C16H20O2/c17-15-11-7-1-2-8(5-7)12(11)16(18)14-10-4-3-9(6-10)13(14)15/h7-14H,1-6H2/t7-,8-,9-,10+,11+,12+,13-,14+/m0/s1. The molecule has 2 heteroatoms. The third-order valence-corrected chi connectivity index (χ3v) is 7.15. The average Bonchev–Trinajstić information content (AvgIpc) is 3.10. The molecule has 4 bridgehead atoms. The summed E-state index contributed by atoms with van der Waals surface area (Å²) < 4.78 is 0. The smallest absolute Gasteiger partial charge is 0.141 e. The molecule has 5 rings (SSSR count). The van der Waals surface area contributed by atoms with Crippen molar-refractivity contribution >= 4 is 11.6 Å². The number of carbonyl (C=O) groups is 2. The molecule has 8 atom stereocenters. The molecule has 2 nitrogen and oxygen atoms in total. The van der Waals surface area contributed by atoms with Crippen LogP contribution in [-0.4, -0.2) is 11.6 Å². The second-order valence-electron chi connectivity index (χ2n) is 7.57. The first-order valence-electron chi connectivity index (χ1n) is 7.83. The highest BCUT2D eigenvalue weighted by atomic mass is 16.1. The Labute approximate surface area is 108 Å². The zero-order valence-corrected chi connectivity index (χ0v) is 10.7. The second kappa shape index (κ2) is 3.08. The number of rotatable bonds is 0. The zero-order valence-electron chi connectivity index (χ0n) is 10.7. The Morgan fingerprint density at radius 3 is 1.11 bits per heavy atom. The quantitative estimate of drug-likeness (QED) is 0.656. The maximum atomic E-state index is 12.9. The zero-order chi connectivity index (χ0) is 12.0. The Balaban J connectivity index is 1.61. The fraction of sp³-hybridized carbons (Fsp3) is 0.875. The molecule has 0 heterocycles. The van der Waals surface area contributed by atoms with Gasteiger partial charge in [-0.2, -0.15) is 0 Å². The van der Waals surface area contributed by atoms with Crippen molar-refractivity contribution in [2.45, 2.75) is 38.5 Å². The van der Waals surface area contributed by atoms with Crippen molar-refractivity contribution in [3.05, 3.63) is 0 Å². The van der Waals surface area contributed by atoms with E-state index < -0.39 is 0 Å². The van der Waals surface area contributed by atoms with E-state index in [4.69, 9.17) is 0 Å². The topological polar surface area (TPSA) is 34.1 Å². The van der Waals surface area contributed by atoms with Crippen LogP contribution in [0.2, 0.25) is 0 Å². The number of ketones is 2. The number of hydrogen-bond donors (Lipinski definition) is 0. The van der Waals surface area contributed by atoms with Crippen molar-refractivity contribution in [1.82, 2.24) is 0 Å². The summed E-state index contributed by atoms with van der Waals surface area (Å²) in [4.78, 5) is 25.7. The van der Waals surface area contributed by atoms with E-state index in [0.29, 0.717) is 35.2 Å². The lowest BCUT2D eigenvalue weighted by Gasteiger charge is -2.42. The van der Waals surface area contributed by atoms with E-state index >= 15 is 0 Å². The monoisotopic (exact) mass is 244 g/mol. The first-order chi connectivity index (χ1) is 8.75. The molecular weight excluding hydrogens is 224 g/mol. The van der Waals surface area contributed by atoms with Gasteiger partial charge in [0.15, 0.2) is 0 Å². The molecule has 0 saturated heterocycles. The van der Waals surface area contributed by atoms with Gasteiger partial charge in [0.1, 0.15) is 11.6 Å². The summed E-state index contributed by atoms with van der Waals surface area (Å²) in [6, 6.07) is 0. The van der Waals surface area contributed by atoms with Crippen LogP contribution in [0.5, 0.6) is 0 Å². The number of carbonyl (C=O) groups excluding carboxylic acids is 2. The molecule has 5 aliphatic carbocycles. The van der Waals surface area contributed by atoms with Gasteiger partial charge in [0, 0.05) is 23.7 Å². The number of Topliss-reactive ketones (excluding diaryl/α,β-unsaturated/α-hetero) is 2. The number of fused-ring (bicyclic) bond motifs is 10. The molecule has 5 aliphatic rings. The van der Waals surface area contributed by atoms with Crippen molar-refractivity contribution in [3.63, 3.8) is 0 Å². The van der Waals surface area contributed by atoms with E-state index in [2.05, 4.69) is 0 Å². The first-order valence-corrected chi connectivity index (χ1v) is 7.83. The van der Waals surface area contributed by atoms with Crippen LogP contribution in [0.15, 0.2) is 0 Å². The molecule has 0 unspecified atom stereocenters. The summed E-state index contributed by atoms with van der Waals surface area (Å²) in [5.41, 5.74) is 0. The SMILES string of the molecule is O=C1[C@@H]2[C@H]3CC[C@@H](C3)[C@H]2C(=O)[C@H]2[C@H]3CC[C@H](C3)[C@@H]12. The summed E-state index contributed by atoms with van der Waals surface area (Å²) in [6.07, 6.45) is 7.24. The fourth-order valence-electron chi connectivity index (χ4n) is 6.66. The Bertz CT molecular complexity index is 376. The van der Waals surface area contributed by atoms with Crippen molar-refractivity contribution in [2.24, 2.45) is 47.3 Å². The largest absolute Gasteiger partial charge is 0.299 e. The van der Waals surface area contributed by atoms with Crippen molar-refractivity contribution in [1.29, 1.82) is 0 Å². The van der Waals surface area contributed by atoms with Crippen LogP contribution in [0.25, 0.3) is 0 Å². The van der Waals surface area contributed by atoms with Crippen LogP contribution in [-0.2, 0) is 9.59 Å². The molecule has 5 saturated carbocycles. The molecule has 5 fully saturated rings. The van der Waals surface area contributed by atoms with Gasteiger partial charge in [-0.15, -0.1) is 0 Å². The van der Waals surface area contributed by atoms with Gasteiger partial charge in [0.2, 0.25) is 0 Å². The van der Waals surface area contributed by atoms with Gasteiger partial charge in [0.25, 0.3) is 0 Å². The maximum Gasteiger partial charge on any atom is 0.141 e. The van der Waals surface area contributed by atoms with Crippen LogP contribution in [0, 0.1) is 47.3 Å². The second-order valence-corrected chi connectivity index (χ2v) is 7.57. The van der Waals surface area contributed by atoms with Gasteiger partial charge in [-0.3, -0.25) is 9.59 Å². The predicted molar refractivity (Wildman–Crippen MR) is 65.6 cm³/mol. The summed E-state index contributed by atoms with van der Waals surface area (Å²) in [6.45, 7) is 0. The van der Waals surface area contributed by atoms with Crippen LogP contribution < -0.4 is 0 Å². The molecule has 0 N–H and O–H groups in total. The van der Waals surface area contributed by atoms with Gasteiger partial charge in [0.05, 0.1) is 0 Å². The Kier molecular flexibility index (Phi) is 1.74. The fourth-order valence-corrected chi connectivity index (χ4v) is 6.66. The minimum Gasteiger partial charge on any atom is -0.299 e. The highest BCUT2D eigenvalue weighted by Gasteiger charge is 2.65. The molecule has 0 radical (unpaired) electrons. The summed E-state index contributed by atoms with van der Waals surface area (Å²) >= 11 is 0. The van der Waals surface area contributed by atoms with E-state index in [-0.39, 0.29) is 23.7 Å². The van der Waals surface area contributed by atoms with Crippen molar-refractivity contribution in [2.75, 3.05) is 0 Å². The van der Waals surface area contributed by atoms with Gasteiger partial charge < -0.3 is 0 Å². The molecule has 0 aromatic heterocycles. The minimum absolute atomic E-state index is 0.164. The Hall–Kier alpha value is -0.660. The van der Waals surface area contributed by atoms with Crippen LogP contribution in [0.3, 0.4) is 0 Å². The molecule has 96 valence electrons. The molecule has 0 aliphatic heterocycles. The molecule has 0 aromatic carbocycles. The Morgan fingerprint density at radius 1 is 0.556 bits per heavy atom. The number of hydrogen-bond acceptors (Lipinski definition) is 2. The third kappa shape index (κ3) is 0.959. The van der Waals surface area contributed by atoms with Crippen LogP contribution in [0.4, 0.5) is 0 Å². The van der Waals surface area contributed by atoms with Crippen LogP contribution >= 0.6 is 0 Å². The lowest BCUT2D eigenvalue weighted by atomic mass is 9.58. The highest BCUT2D eigenvalue weighted by Crippen LogP contribution is 2.63. The van der Waals surface area contributed by atoms with Gasteiger partial charge in [-0.25, -0.2) is 0 Å². The molecule has 0 aromatic rings. The van der Waals surface area contributed by atoms with Gasteiger partial charge in [-0.05, 0) is 62.2 Å². The van der Waals surface area contributed by atoms with Gasteiger partial charge in [-0.1, -0.05) is 0 Å². The van der Waals surface area contributed by atoms with Crippen molar-refractivity contribution < 1.29 is 9.59 Å². The summed E-state index contributed by atoms with van der Waals surface area (Å²) in [5.74, 6) is 4.04. The third-order valence-electron chi connectivity index (χ3n) is 7.15. The van der Waals surface area contributed by atoms with E-state index in [9.17, 15) is 9.59 Å². The molecule has 0 spiro atoms. The lowest BCUT2D eigenvalue weighted by Crippen LogP contribution is -2.51. The first kappa shape index (κ1) is 10.2. The lowest BCUT2D eigenvalue weighted by molar-refractivity contribution is -0.152. The van der Waals surface area contributed by atoms with E-state index in [0.717, 1.165) is 0 Å². The minimum atomic E-state index is 0.164. The highest BCUT2D eigenvalue weighted by molar-refractivity contribution is 6.01. The maximum absolute atomic E-state index is 12.9. The Morgan fingerprint density at radius 2 is 0.833 bits per heavy atom. The van der Waals surface area contributed by atoms with E-state index in [1.807, 2.05) is 0 Å². The van der Waals surface area contributed by atoms with E-state index in [1.165, 1.54) is 38.5 Å². The molecule has 18 heavy (non-hydrogen) atoms. The van der Waals surface area contributed by atoms with E-state index in [1.54, 1.807) is 0 Å². The van der Waals surface area contributed by atoms with Crippen LogP contribution in [0.1, 0.15) is 38.5 Å². The summed E-state index contributed by atoms with van der Waals surface area (Å²) in [7, 11) is 0. The summed E-state index contributed by atoms with van der Waals surface area (Å²) in [5, 5.41) is 0. The predicted octanol–water partition coefficient (Wildman–Crippen LogP) is 2.46. The average molecular weight is 244 g/mol. The molecular formula is C16H20O2.